The van der Waals surface area contributed by atoms with Crippen LogP contribution in [0.4, 0.5) is 0 Å². The van der Waals surface area contributed by atoms with E-state index < -0.39 is 0 Å². The molecule has 0 N–H and O–H groups in total. The van der Waals surface area contributed by atoms with E-state index in [2.05, 4.69) is 20.8 Å². The maximum absolute atomic E-state index is 13.2. The fraction of sp³-hybridized carbons (Fsp3) is 0.920. The first-order valence-corrected chi connectivity index (χ1v) is 11.8. The summed E-state index contributed by atoms with van der Waals surface area (Å²) in [6, 6.07) is 0. The fourth-order valence-electron chi connectivity index (χ4n) is 8.56. The van der Waals surface area contributed by atoms with Crippen LogP contribution in [0.5, 0.6) is 0 Å². The molecule has 4 aliphatic rings. The minimum atomic E-state index is 0.0181. The Morgan fingerprint density at radius 3 is 2.54 bits per heavy atom. The lowest BCUT2D eigenvalue weighted by molar-refractivity contribution is -0.159. The van der Waals surface area contributed by atoms with E-state index in [1.165, 1.54) is 32.1 Å². The Morgan fingerprint density at radius 1 is 1.04 bits per heavy atom. The highest BCUT2D eigenvalue weighted by Gasteiger charge is 2.62. The molecule has 4 saturated carbocycles. The van der Waals surface area contributed by atoms with Gasteiger partial charge in [-0.25, -0.2) is 0 Å². The lowest BCUT2D eigenvalue weighted by Gasteiger charge is -2.59. The van der Waals surface area contributed by atoms with Crippen LogP contribution in [0.2, 0.25) is 0 Å². The standard InChI is InChI=1S/C25H40O3/c1-16(6-5-13-28-4)19-7-8-20-18-15-23(27)22-14-17(26)9-11-25(22,3)21(18)10-12-24(19,20)2/h16,18-22H,5-15H2,1-4H3/t16?,18?,19?,20?,21?,22?,24-,25?/m1/s1. The van der Waals surface area contributed by atoms with Gasteiger partial charge in [-0.15, -0.1) is 0 Å². The average Bonchev–Trinajstić information content (AvgIpc) is 3.01. The third-order valence-electron chi connectivity index (χ3n) is 10.0. The molecule has 3 heteroatoms. The normalized spacial score (nSPS) is 46.6. The highest BCUT2D eigenvalue weighted by Crippen LogP contribution is 2.67. The van der Waals surface area contributed by atoms with Crippen LogP contribution < -0.4 is 0 Å². The van der Waals surface area contributed by atoms with E-state index in [1.54, 1.807) is 7.11 Å². The summed E-state index contributed by atoms with van der Waals surface area (Å²) in [5.74, 6) is 4.23. The van der Waals surface area contributed by atoms with Crippen LogP contribution in [0, 0.1) is 46.3 Å². The lowest BCUT2D eigenvalue weighted by atomic mass is 9.44. The first-order chi connectivity index (χ1) is 13.3. The zero-order chi connectivity index (χ0) is 20.1. The van der Waals surface area contributed by atoms with Crippen molar-refractivity contribution in [3.8, 4) is 0 Å². The SMILES string of the molecule is COCCCC(C)C1CCC2C3CC(=O)C4CC(=O)CCC4(C)C3CC[C@]12C. The largest absolute Gasteiger partial charge is 0.385 e. The van der Waals surface area contributed by atoms with Gasteiger partial charge in [0.25, 0.3) is 0 Å². The van der Waals surface area contributed by atoms with Crippen LogP contribution in [0.25, 0.3) is 0 Å². The molecule has 0 spiro atoms. The van der Waals surface area contributed by atoms with Crippen LogP contribution >= 0.6 is 0 Å². The number of hydrogen-bond donors (Lipinski definition) is 0. The maximum atomic E-state index is 13.2. The third-order valence-corrected chi connectivity index (χ3v) is 10.0. The topological polar surface area (TPSA) is 43.4 Å². The van der Waals surface area contributed by atoms with Gasteiger partial charge < -0.3 is 4.74 Å². The van der Waals surface area contributed by atoms with Crippen molar-refractivity contribution in [1.82, 2.24) is 0 Å². The van der Waals surface area contributed by atoms with Crippen LogP contribution in [-0.2, 0) is 14.3 Å². The summed E-state index contributed by atoms with van der Waals surface area (Å²) >= 11 is 0. The lowest BCUT2D eigenvalue weighted by Crippen LogP contribution is -2.56. The summed E-state index contributed by atoms with van der Waals surface area (Å²) in [6.07, 6.45) is 10.6. The first kappa shape index (κ1) is 20.6. The van der Waals surface area contributed by atoms with Crippen molar-refractivity contribution in [2.45, 2.75) is 85.0 Å². The molecule has 0 heterocycles. The molecular weight excluding hydrogens is 348 g/mol. The van der Waals surface area contributed by atoms with Gasteiger partial charge in [-0.05, 0) is 85.4 Å². The van der Waals surface area contributed by atoms with Crippen molar-refractivity contribution in [3.63, 3.8) is 0 Å². The second-order valence-corrected chi connectivity index (χ2v) is 11.2. The van der Waals surface area contributed by atoms with E-state index in [1.807, 2.05) is 0 Å². The van der Waals surface area contributed by atoms with Crippen molar-refractivity contribution in [2.24, 2.45) is 46.3 Å². The second kappa shape index (κ2) is 7.52. The molecule has 0 aliphatic heterocycles. The van der Waals surface area contributed by atoms with E-state index >= 15 is 0 Å². The number of hydrogen-bond acceptors (Lipinski definition) is 3. The quantitative estimate of drug-likeness (QED) is 0.588. The summed E-state index contributed by atoms with van der Waals surface area (Å²) in [7, 11) is 1.80. The molecule has 158 valence electrons. The van der Waals surface area contributed by atoms with E-state index in [4.69, 9.17) is 4.74 Å². The molecule has 0 aromatic heterocycles. The predicted molar refractivity (Wildman–Crippen MR) is 111 cm³/mol. The number of ether oxygens (including phenoxy) is 1. The number of carbonyl (C=O) groups is 2. The van der Waals surface area contributed by atoms with Gasteiger partial charge in [-0.3, -0.25) is 9.59 Å². The maximum Gasteiger partial charge on any atom is 0.137 e. The van der Waals surface area contributed by atoms with Gasteiger partial charge in [-0.2, -0.15) is 0 Å². The number of carbonyl (C=O) groups excluding carboxylic acids is 2. The number of rotatable bonds is 5. The molecule has 4 rings (SSSR count). The van der Waals surface area contributed by atoms with Gasteiger partial charge in [0.05, 0.1) is 0 Å². The summed E-state index contributed by atoms with van der Waals surface area (Å²) < 4.78 is 5.28. The Morgan fingerprint density at radius 2 is 1.79 bits per heavy atom. The molecule has 0 bridgehead atoms. The highest BCUT2D eigenvalue weighted by molar-refractivity contribution is 5.90. The van der Waals surface area contributed by atoms with Crippen LogP contribution in [0.15, 0.2) is 0 Å². The van der Waals surface area contributed by atoms with Crippen molar-refractivity contribution in [2.75, 3.05) is 13.7 Å². The van der Waals surface area contributed by atoms with Crippen LogP contribution in [0.3, 0.4) is 0 Å². The van der Waals surface area contributed by atoms with Crippen molar-refractivity contribution in [1.29, 1.82) is 0 Å². The second-order valence-electron chi connectivity index (χ2n) is 11.2. The van der Waals surface area contributed by atoms with Gasteiger partial charge in [-0.1, -0.05) is 20.8 Å². The van der Waals surface area contributed by atoms with E-state index in [0.717, 1.165) is 37.7 Å². The van der Waals surface area contributed by atoms with Gasteiger partial charge in [0, 0.05) is 38.9 Å². The van der Waals surface area contributed by atoms with E-state index in [0.29, 0.717) is 47.6 Å². The fourth-order valence-corrected chi connectivity index (χ4v) is 8.56. The summed E-state index contributed by atoms with van der Waals surface area (Å²) in [4.78, 5) is 25.2. The summed E-state index contributed by atoms with van der Waals surface area (Å²) in [6.45, 7) is 8.24. The van der Waals surface area contributed by atoms with Crippen molar-refractivity contribution in [3.05, 3.63) is 0 Å². The Hall–Kier alpha value is -0.700. The monoisotopic (exact) mass is 388 g/mol. The molecule has 0 aromatic rings. The number of methoxy groups -OCH3 is 1. The third kappa shape index (κ3) is 3.11. The molecule has 4 aliphatic carbocycles. The molecule has 7 unspecified atom stereocenters. The minimum absolute atomic E-state index is 0.0181. The predicted octanol–water partition coefficient (Wildman–Crippen LogP) is 5.46. The average molecular weight is 389 g/mol. The molecule has 4 fully saturated rings. The van der Waals surface area contributed by atoms with Crippen molar-refractivity contribution >= 4 is 11.6 Å². The molecule has 28 heavy (non-hydrogen) atoms. The molecule has 0 saturated heterocycles. The van der Waals surface area contributed by atoms with Gasteiger partial charge in [0.1, 0.15) is 11.6 Å². The molecule has 0 radical (unpaired) electrons. The molecule has 0 amide bonds. The van der Waals surface area contributed by atoms with Gasteiger partial charge >= 0.3 is 0 Å². The number of Topliss-reactive ketones (excluding diaryl/α,β-unsaturated/α-hetero) is 2. The van der Waals surface area contributed by atoms with Gasteiger partial charge in [0.15, 0.2) is 0 Å². The van der Waals surface area contributed by atoms with Crippen molar-refractivity contribution < 1.29 is 14.3 Å². The summed E-state index contributed by atoms with van der Waals surface area (Å²) in [5, 5.41) is 0. The highest BCUT2D eigenvalue weighted by atomic mass is 16.5. The minimum Gasteiger partial charge on any atom is -0.385 e. The number of fused-ring (bicyclic) bond motifs is 5. The smallest absolute Gasteiger partial charge is 0.137 e. The first-order valence-electron chi connectivity index (χ1n) is 11.8. The van der Waals surface area contributed by atoms with Gasteiger partial charge in [0.2, 0.25) is 0 Å². The Labute approximate surface area is 171 Å². The molecular formula is C25H40O3. The van der Waals surface area contributed by atoms with E-state index in [-0.39, 0.29) is 11.3 Å². The van der Waals surface area contributed by atoms with Crippen LogP contribution in [-0.4, -0.2) is 25.3 Å². The zero-order valence-electron chi connectivity index (χ0n) is 18.5. The Bertz CT molecular complexity index is 627. The Kier molecular flexibility index (Phi) is 5.53. The molecule has 8 atom stereocenters. The Balaban J connectivity index is 1.54. The number of ketones is 2. The molecule has 0 aromatic carbocycles. The van der Waals surface area contributed by atoms with E-state index in [9.17, 15) is 9.59 Å². The molecule has 3 nitrogen and oxygen atoms in total. The zero-order valence-corrected chi connectivity index (χ0v) is 18.5. The summed E-state index contributed by atoms with van der Waals surface area (Å²) in [5.41, 5.74) is 0.485. The van der Waals surface area contributed by atoms with Crippen LogP contribution in [0.1, 0.15) is 85.0 Å².